The van der Waals surface area contributed by atoms with Gasteiger partial charge >= 0.3 is 0 Å². The van der Waals surface area contributed by atoms with E-state index in [0.717, 1.165) is 5.56 Å². The van der Waals surface area contributed by atoms with E-state index in [4.69, 9.17) is 9.47 Å². The molecule has 0 unspecified atom stereocenters. The predicted molar refractivity (Wildman–Crippen MR) is 100 cm³/mol. The number of amides is 2. The average Bonchev–Trinajstić information content (AvgIpc) is 3.12. The Morgan fingerprint density at radius 2 is 1.75 bits per heavy atom. The van der Waals surface area contributed by atoms with Gasteiger partial charge < -0.3 is 20.1 Å². The molecule has 0 bridgehead atoms. The largest absolute Gasteiger partial charge is 0.454 e. The molecule has 2 aromatic rings. The maximum absolute atomic E-state index is 12.3. The number of carbonyl (C=O) groups is 2. The van der Waals surface area contributed by atoms with Crippen LogP contribution < -0.4 is 24.8 Å². The van der Waals surface area contributed by atoms with E-state index >= 15 is 0 Å². The average molecular weight is 405 g/mol. The number of fused-ring (bicyclic) bond motifs is 1. The molecule has 0 fully saturated rings. The standard InChI is InChI=1S/C18H19N3O6S/c1-12(22)21-14-3-5-15(6-4-14)28(24,25)20-10-18(23)19-9-13-2-7-16-17(8-13)27-11-26-16/h2-8,20H,9-11H2,1H3,(H,19,23)(H,21,22). The summed E-state index contributed by atoms with van der Waals surface area (Å²) in [6.07, 6.45) is 0. The minimum Gasteiger partial charge on any atom is -0.454 e. The molecule has 2 amide bonds. The molecule has 0 saturated heterocycles. The lowest BCUT2D eigenvalue weighted by Gasteiger charge is -2.09. The Balaban J connectivity index is 1.51. The van der Waals surface area contributed by atoms with Crippen molar-refractivity contribution in [3.63, 3.8) is 0 Å². The highest BCUT2D eigenvalue weighted by molar-refractivity contribution is 7.89. The zero-order chi connectivity index (χ0) is 20.1. The van der Waals surface area contributed by atoms with Gasteiger partial charge in [0.05, 0.1) is 11.4 Å². The highest BCUT2D eigenvalue weighted by Crippen LogP contribution is 2.32. The van der Waals surface area contributed by atoms with Crippen LogP contribution in [0.15, 0.2) is 47.4 Å². The van der Waals surface area contributed by atoms with Crippen molar-refractivity contribution in [3.8, 4) is 11.5 Å². The Labute approximate surface area is 162 Å². The monoisotopic (exact) mass is 405 g/mol. The molecule has 0 aliphatic carbocycles. The second-order valence-electron chi connectivity index (χ2n) is 5.99. The van der Waals surface area contributed by atoms with E-state index in [9.17, 15) is 18.0 Å². The van der Waals surface area contributed by atoms with Crippen molar-refractivity contribution in [3.05, 3.63) is 48.0 Å². The zero-order valence-corrected chi connectivity index (χ0v) is 15.8. The third-order valence-electron chi connectivity index (χ3n) is 3.83. The minimum absolute atomic E-state index is 0.00910. The predicted octanol–water partition coefficient (Wildman–Crippen LogP) is 0.968. The third kappa shape index (κ3) is 4.99. The van der Waals surface area contributed by atoms with E-state index in [1.54, 1.807) is 18.2 Å². The molecular formula is C18H19N3O6S. The molecule has 0 spiro atoms. The number of sulfonamides is 1. The molecule has 1 aliphatic heterocycles. The van der Waals surface area contributed by atoms with Crippen LogP contribution in [-0.4, -0.2) is 33.6 Å². The van der Waals surface area contributed by atoms with Crippen LogP contribution >= 0.6 is 0 Å². The van der Waals surface area contributed by atoms with Crippen LogP contribution in [0.25, 0.3) is 0 Å². The van der Waals surface area contributed by atoms with E-state index in [1.165, 1.54) is 31.2 Å². The molecule has 3 rings (SSSR count). The maximum Gasteiger partial charge on any atom is 0.241 e. The fourth-order valence-corrected chi connectivity index (χ4v) is 3.46. The molecule has 2 aromatic carbocycles. The SMILES string of the molecule is CC(=O)Nc1ccc(S(=O)(=O)NCC(=O)NCc2ccc3c(c2)OCO3)cc1. The van der Waals surface area contributed by atoms with Gasteiger partial charge in [-0.15, -0.1) is 0 Å². The Morgan fingerprint density at radius 3 is 2.46 bits per heavy atom. The number of anilines is 1. The third-order valence-corrected chi connectivity index (χ3v) is 5.25. The van der Waals surface area contributed by atoms with Crippen molar-refractivity contribution in [2.75, 3.05) is 18.7 Å². The highest BCUT2D eigenvalue weighted by Gasteiger charge is 2.16. The molecule has 0 atom stereocenters. The molecule has 3 N–H and O–H groups in total. The van der Waals surface area contributed by atoms with Crippen molar-refractivity contribution in [1.82, 2.24) is 10.0 Å². The van der Waals surface area contributed by atoms with Crippen LogP contribution in [0.5, 0.6) is 11.5 Å². The van der Waals surface area contributed by atoms with Gasteiger partial charge in [0, 0.05) is 19.2 Å². The summed E-state index contributed by atoms with van der Waals surface area (Å²) in [6, 6.07) is 10.9. The normalized spacial score (nSPS) is 12.5. The Kier molecular flexibility index (Phi) is 5.81. The molecule has 9 nitrogen and oxygen atoms in total. The van der Waals surface area contributed by atoms with Gasteiger partial charge in [-0.25, -0.2) is 13.1 Å². The van der Waals surface area contributed by atoms with Crippen LogP contribution in [0, 0.1) is 0 Å². The van der Waals surface area contributed by atoms with Crippen LogP contribution in [-0.2, 0) is 26.2 Å². The van der Waals surface area contributed by atoms with Gasteiger partial charge in [0.2, 0.25) is 28.6 Å². The first-order valence-corrected chi connectivity index (χ1v) is 9.84. The van der Waals surface area contributed by atoms with Gasteiger partial charge in [-0.05, 0) is 42.0 Å². The van der Waals surface area contributed by atoms with Gasteiger partial charge in [0.25, 0.3) is 0 Å². The summed E-state index contributed by atoms with van der Waals surface area (Å²) in [6.45, 7) is 1.34. The van der Waals surface area contributed by atoms with E-state index in [2.05, 4.69) is 15.4 Å². The maximum atomic E-state index is 12.3. The number of hydrogen-bond donors (Lipinski definition) is 3. The summed E-state index contributed by atoms with van der Waals surface area (Å²) >= 11 is 0. The number of carbonyl (C=O) groups excluding carboxylic acids is 2. The molecule has 0 radical (unpaired) electrons. The van der Waals surface area contributed by atoms with Crippen molar-refractivity contribution in [1.29, 1.82) is 0 Å². The van der Waals surface area contributed by atoms with E-state index < -0.39 is 22.5 Å². The summed E-state index contributed by atoms with van der Waals surface area (Å²) in [5.41, 5.74) is 1.28. The van der Waals surface area contributed by atoms with Crippen molar-refractivity contribution in [2.45, 2.75) is 18.4 Å². The van der Waals surface area contributed by atoms with Gasteiger partial charge in [-0.3, -0.25) is 9.59 Å². The first kappa shape index (κ1) is 19.6. The molecule has 1 aliphatic rings. The van der Waals surface area contributed by atoms with Crippen LogP contribution in [0.2, 0.25) is 0 Å². The second kappa shape index (κ2) is 8.28. The molecule has 10 heteroatoms. The summed E-state index contributed by atoms with van der Waals surface area (Å²) in [7, 11) is -3.85. The Hall–Kier alpha value is -3.11. The molecule has 1 heterocycles. The van der Waals surface area contributed by atoms with Gasteiger partial charge in [0.1, 0.15) is 0 Å². The van der Waals surface area contributed by atoms with Gasteiger partial charge in [-0.2, -0.15) is 0 Å². The summed E-state index contributed by atoms with van der Waals surface area (Å²) in [5, 5.41) is 5.18. The van der Waals surface area contributed by atoms with Crippen LogP contribution in [0.1, 0.15) is 12.5 Å². The van der Waals surface area contributed by atoms with Crippen LogP contribution in [0.4, 0.5) is 5.69 Å². The van der Waals surface area contributed by atoms with Crippen LogP contribution in [0.3, 0.4) is 0 Å². The van der Waals surface area contributed by atoms with Crippen molar-refractivity contribution >= 4 is 27.5 Å². The number of rotatable bonds is 7. The van der Waals surface area contributed by atoms with Crippen molar-refractivity contribution < 1.29 is 27.5 Å². The lowest BCUT2D eigenvalue weighted by molar-refractivity contribution is -0.120. The lowest BCUT2D eigenvalue weighted by Crippen LogP contribution is -2.36. The summed E-state index contributed by atoms with van der Waals surface area (Å²) < 4.78 is 37.3. The van der Waals surface area contributed by atoms with E-state index in [0.29, 0.717) is 17.2 Å². The Morgan fingerprint density at radius 1 is 1.04 bits per heavy atom. The first-order valence-electron chi connectivity index (χ1n) is 8.36. The van der Waals surface area contributed by atoms with Crippen molar-refractivity contribution in [2.24, 2.45) is 0 Å². The number of hydrogen-bond acceptors (Lipinski definition) is 6. The summed E-state index contributed by atoms with van der Waals surface area (Å²) in [5.74, 6) is 0.520. The van der Waals surface area contributed by atoms with E-state index in [1.807, 2.05) is 0 Å². The van der Waals surface area contributed by atoms with E-state index in [-0.39, 0.29) is 24.1 Å². The number of ether oxygens (including phenoxy) is 2. The fraction of sp³-hybridized carbons (Fsp3) is 0.222. The topological polar surface area (TPSA) is 123 Å². The van der Waals surface area contributed by atoms with Gasteiger partial charge in [-0.1, -0.05) is 6.07 Å². The number of nitrogens with one attached hydrogen (secondary N) is 3. The fourth-order valence-electron chi connectivity index (χ4n) is 2.48. The minimum atomic E-state index is -3.85. The Bertz CT molecular complexity index is 989. The summed E-state index contributed by atoms with van der Waals surface area (Å²) in [4.78, 5) is 22.9. The molecule has 28 heavy (non-hydrogen) atoms. The zero-order valence-electron chi connectivity index (χ0n) is 15.0. The lowest BCUT2D eigenvalue weighted by atomic mass is 10.2. The van der Waals surface area contributed by atoms with Gasteiger partial charge in [0.15, 0.2) is 11.5 Å². The highest BCUT2D eigenvalue weighted by atomic mass is 32.2. The first-order chi connectivity index (χ1) is 13.3. The molecular weight excluding hydrogens is 386 g/mol. The number of benzene rings is 2. The molecule has 0 saturated carbocycles. The molecule has 0 aromatic heterocycles. The quantitative estimate of drug-likeness (QED) is 0.631. The molecule has 148 valence electrons. The smallest absolute Gasteiger partial charge is 0.241 e. The second-order valence-corrected chi connectivity index (χ2v) is 7.76.